The lowest BCUT2D eigenvalue weighted by Gasteiger charge is -2.18. The molecule has 1 atom stereocenters. The van der Waals surface area contributed by atoms with Gasteiger partial charge < -0.3 is 4.74 Å². The van der Waals surface area contributed by atoms with Gasteiger partial charge in [-0.3, -0.25) is 4.98 Å². The third kappa shape index (κ3) is 4.48. The van der Waals surface area contributed by atoms with Crippen LogP contribution in [-0.4, -0.2) is 4.98 Å². The van der Waals surface area contributed by atoms with E-state index in [1.165, 1.54) is 12.1 Å². The van der Waals surface area contributed by atoms with E-state index in [1.54, 1.807) is 6.07 Å². The highest BCUT2D eigenvalue weighted by molar-refractivity contribution is 5.60. The monoisotopic (exact) mass is 371 g/mol. The lowest BCUT2D eigenvalue weighted by molar-refractivity contribution is -0.137. The predicted octanol–water partition coefficient (Wildman–Crippen LogP) is 6.52. The highest BCUT2D eigenvalue weighted by atomic mass is 19.4. The van der Waals surface area contributed by atoms with Crippen LogP contribution in [0.5, 0.6) is 5.75 Å². The number of hydrogen-bond donors (Lipinski definition) is 0. The van der Waals surface area contributed by atoms with Crippen molar-refractivity contribution >= 4 is 0 Å². The second-order valence-corrected chi connectivity index (χ2v) is 6.52. The number of benzene rings is 2. The van der Waals surface area contributed by atoms with Crippen molar-refractivity contribution in [2.75, 3.05) is 0 Å². The van der Waals surface area contributed by atoms with Gasteiger partial charge in [0.2, 0.25) is 0 Å². The Bertz CT molecular complexity index is 933. The molecule has 0 saturated carbocycles. The Kier molecular flexibility index (Phi) is 5.22. The number of halogens is 3. The Morgan fingerprint density at radius 1 is 0.926 bits per heavy atom. The highest BCUT2D eigenvalue weighted by Crippen LogP contribution is 2.31. The largest absolute Gasteiger partial charge is 0.486 e. The summed E-state index contributed by atoms with van der Waals surface area (Å²) in [5, 5.41) is 0. The van der Waals surface area contributed by atoms with Crippen molar-refractivity contribution in [1.82, 2.24) is 4.98 Å². The fraction of sp³-hybridized carbons (Fsp3) is 0.227. The first-order chi connectivity index (χ1) is 12.7. The zero-order valence-electron chi connectivity index (χ0n) is 15.3. The normalized spacial score (nSPS) is 12.7. The van der Waals surface area contributed by atoms with E-state index in [0.29, 0.717) is 11.3 Å². The third-order valence-corrected chi connectivity index (χ3v) is 4.38. The molecule has 0 aliphatic rings. The molecule has 0 aliphatic carbocycles. The average Bonchev–Trinajstić information content (AvgIpc) is 2.61. The summed E-state index contributed by atoms with van der Waals surface area (Å²) in [6, 6.07) is 16.6. The summed E-state index contributed by atoms with van der Waals surface area (Å²) in [6.45, 7) is 5.83. The highest BCUT2D eigenvalue weighted by Gasteiger charge is 2.30. The molecule has 0 aliphatic heterocycles. The van der Waals surface area contributed by atoms with E-state index >= 15 is 0 Å². The molecule has 3 rings (SSSR count). The van der Waals surface area contributed by atoms with Gasteiger partial charge in [0, 0.05) is 16.8 Å². The summed E-state index contributed by atoms with van der Waals surface area (Å²) in [5.74, 6) is 0.786. The van der Waals surface area contributed by atoms with Crippen LogP contribution in [0.15, 0.2) is 60.7 Å². The molecule has 140 valence electrons. The molecule has 0 bridgehead atoms. The molecule has 2 aromatic carbocycles. The summed E-state index contributed by atoms with van der Waals surface area (Å²) in [4.78, 5) is 4.55. The van der Waals surface area contributed by atoms with Crippen molar-refractivity contribution < 1.29 is 17.9 Å². The lowest BCUT2D eigenvalue weighted by Crippen LogP contribution is -2.07. The van der Waals surface area contributed by atoms with Crippen molar-refractivity contribution in [1.29, 1.82) is 0 Å². The van der Waals surface area contributed by atoms with Crippen molar-refractivity contribution in [2.24, 2.45) is 0 Å². The van der Waals surface area contributed by atoms with Gasteiger partial charge in [0.05, 0.1) is 11.3 Å². The van der Waals surface area contributed by atoms with Crippen LogP contribution in [0.4, 0.5) is 13.2 Å². The molecular weight excluding hydrogens is 351 g/mol. The van der Waals surface area contributed by atoms with E-state index in [0.717, 1.165) is 34.7 Å². The minimum Gasteiger partial charge on any atom is -0.486 e. The number of aryl methyl sites for hydroxylation is 2. The minimum atomic E-state index is -4.34. The Morgan fingerprint density at radius 3 is 2.22 bits per heavy atom. The molecule has 0 fully saturated rings. The maximum absolute atomic E-state index is 12.7. The number of pyridine rings is 1. The fourth-order valence-electron chi connectivity index (χ4n) is 2.95. The third-order valence-electron chi connectivity index (χ3n) is 4.38. The van der Waals surface area contributed by atoms with Gasteiger partial charge in [-0.25, -0.2) is 0 Å². The van der Waals surface area contributed by atoms with Gasteiger partial charge in [0.25, 0.3) is 0 Å². The number of nitrogens with zero attached hydrogens (tertiary/aromatic N) is 1. The number of ether oxygens (including phenoxy) is 1. The van der Waals surface area contributed by atoms with Crippen LogP contribution < -0.4 is 4.74 Å². The van der Waals surface area contributed by atoms with Crippen molar-refractivity contribution in [3.63, 3.8) is 0 Å². The topological polar surface area (TPSA) is 22.1 Å². The molecule has 0 N–H and O–H groups in total. The van der Waals surface area contributed by atoms with Gasteiger partial charge in [-0.05, 0) is 56.7 Å². The van der Waals surface area contributed by atoms with Gasteiger partial charge in [0.15, 0.2) is 0 Å². The molecule has 1 heterocycles. The SMILES string of the molecule is Cc1cccc(OC(C)c2ccc(-c3ccc(C(F)(F)F)cc3)nc2C)c1. The molecule has 0 saturated heterocycles. The van der Waals surface area contributed by atoms with E-state index in [-0.39, 0.29) is 6.10 Å². The lowest BCUT2D eigenvalue weighted by atomic mass is 10.0. The number of aromatic nitrogens is 1. The smallest absolute Gasteiger partial charge is 0.416 e. The Morgan fingerprint density at radius 2 is 1.63 bits per heavy atom. The molecule has 2 nitrogen and oxygen atoms in total. The van der Waals surface area contributed by atoms with Crippen LogP contribution in [0, 0.1) is 13.8 Å². The van der Waals surface area contributed by atoms with Crippen molar-refractivity contribution in [3.05, 3.63) is 83.0 Å². The van der Waals surface area contributed by atoms with E-state index < -0.39 is 11.7 Å². The van der Waals surface area contributed by atoms with E-state index in [2.05, 4.69) is 4.98 Å². The summed E-state index contributed by atoms with van der Waals surface area (Å²) in [6.07, 6.45) is -4.53. The number of alkyl halides is 3. The van der Waals surface area contributed by atoms with Crippen molar-refractivity contribution in [3.8, 4) is 17.0 Å². The van der Waals surface area contributed by atoms with E-state index in [4.69, 9.17) is 4.74 Å². The minimum absolute atomic E-state index is 0.194. The van der Waals surface area contributed by atoms with Crippen LogP contribution in [0.2, 0.25) is 0 Å². The second-order valence-electron chi connectivity index (χ2n) is 6.52. The first kappa shape index (κ1) is 19.0. The predicted molar refractivity (Wildman–Crippen MR) is 99.6 cm³/mol. The Hall–Kier alpha value is -2.82. The molecule has 0 radical (unpaired) electrons. The molecular formula is C22H20F3NO. The van der Waals surface area contributed by atoms with Gasteiger partial charge in [-0.15, -0.1) is 0 Å². The molecule has 27 heavy (non-hydrogen) atoms. The molecule has 0 amide bonds. The number of hydrogen-bond acceptors (Lipinski definition) is 2. The van der Waals surface area contributed by atoms with Crippen LogP contribution >= 0.6 is 0 Å². The molecule has 1 unspecified atom stereocenters. The van der Waals surface area contributed by atoms with Gasteiger partial charge in [-0.1, -0.05) is 30.3 Å². The van der Waals surface area contributed by atoms with Gasteiger partial charge in [-0.2, -0.15) is 13.2 Å². The summed E-state index contributed by atoms with van der Waals surface area (Å²) < 4.78 is 44.1. The fourth-order valence-corrected chi connectivity index (χ4v) is 2.95. The summed E-state index contributed by atoms with van der Waals surface area (Å²) in [5.41, 5.74) is 3.45. The van der Waals surface area contributed by atoms with E-state index in [9.17, 15) is 13.2 Å². The standard InChI is InChI=1S/C22H20F3NO/c1-14-5-4-6-19(13-14)27-16(3)20-11-12-21(26-15(20)2)17-7-9-18(10-8-17)22(23,24)25/h4-13,16H,1-3H3. The molecule has 3 aromatic rings. The second kappa shape index (κ2) is 7.43. The number of rotatable bonds is 4. The Labute approximate surface area is 156 Å². The van der Waals surface area contributed by atoms with Crippen molar-refractivity contribution in [2.45, 2.75) is 33.1 Å². The molecule has 1 aromatic heterocycles. The van der Waals surface area contributed by atoms with Crippen LogP contribution in [0.1, 0.15) is 35.4 Å². The first-order valence-corrected chi connectivity index (χ1v) is 8.62. The van der Waals surface area contributed by atoms with Crippen LogP contribution in [-0.2, 0) is 6.18 Å². The summed E-state index contributed by atoms with van der Waals surface area (Å²) in [7, 11) is 0. The first-order valence-electron chi connectivity index (χ1n) is 8.62. The zero-order chi connectivity index (χ0) is 19.6. The molecule has 0 spiro atoms. The van der Waals surface area contributed by atoms with Crippen LogP contribution in [0.25, 0.3) is 11.3 Å². The summed E-state index contributed by atoms with van der Waals surface area (Å²) >= 11 is 0. The van der Waals surface area contributed by atoms with Crippen LogP contribution in [0.3, 0.4) is 0 Å². The van der Waals surface area contributed by atoms with Gasteiger partial charge >= 0.3 is 6.18 Å². The quantitative estimate of drug-likeness (QED) is 0.520. The molecule has 5 heteroatoms. The zero-order valence-corrected chi connectivity index (χ0v) is 15.3. The van der Waals surface area contributed by atoms with E-state index in [1.807, 2.05) is 51.1 Å². The maximum atomic E-state index is 12.7. The average molecular weight is 371 g/mol. The Balaban J connectivity index is 1.81. The maximum Gasteiger partial charge on any atom is 0.416 e. The van der Waals surface area contributed by atoms with Gasteiger partial charge in [0.1, 0.15) is 11.9 Å².